The van der Waals surface area contributed by atoms with Gasteiger partial charge in [-0.25, -0.2) is 0 Å². The number of halogens is 1. The molecule has 0 bridgehead atoms. The first-order valence-corrected chi connectivity index (χ1v) is 9.62. The van der Waals surface area contributed by atoms with E-state index in [1.165, 1.54) is 75.3 Å². The Morgan fingerprint density at radius 2 is 1.33 bits per heavy atom. The lowest BCUT2D eigenvalue weighted by Gasteiger charge is -2.21. The summed E-state index contributed by atoms with van der Waals surface area (Å²) in [4.78, 5) is 0. The number of benzene rings is 1. The van der Waals surface area contributed by atoms with Crippen molar-refractivity contribution in [1.82, 2.24) is 0 Å². The van der Waals surface area contributed by atoms with E-state index in [0.717, 1.165) is 0 Å². The molecule has 1 aromatic carbocycles. The smallest absolute Gasteiger partial charge is 0.0452 e. The fourth-order valence-corrected chi connectivity index (χ4v) is 3.33. The second-order valence-corrected chi connectivity index (χ2v) is 8.69. The number of hydrogen-bond acceptors (Lipinski definition) is 0. The van der Waals surface area contributed by atoms with Gasteiger partial charge in [0.2, 0.25) is 0 Å². The average molecular weight is 353 g/mol. The maximum absolute atomic E-state index is 3.80. The summed E-state index contributed by atoms with van der Waals surface area (Å²) in [5.74, 6) is 0. The van der Waals surface area contributed by atoms with Crippen molar-refractivity contribution in [1.29, 1.82) is 0 Å². The topological polar surface area (TPSA) is 0 Å². The molecule has 0 radical (unpaired) electrons. The van der Waals surface area contributed by atoms with Gasteiger partial charge >= 0.3 is 0 Å². The Kier molecular flexibility index (Phi) is 9.31. The van der Waals surface area contributed by atoms with Crippen molar-refractivity contribution >= 4 is 15.9 Å². The summed E-state index contributed by atoms with van der Waals surface area (Å²) >= 11 is 3.80. The highest BCUT2D eigenvalue weighted by Crippen LogP contribution is 2.33. The summed E-state index contributed by atoms with van der Waals surface area (Å²) in [7, 11) is 0. The van der Waals surface area contributed by atoms with Gasteiger partial charge in [0.15, 0.2) is 0 Å². The number of alkyl halides is 1. The first-order chi connectivity index (χ1) is 10.1. The molecule has 0 amide bonds. The highest BCUT2D eigenvalue weighted by atomic mass is 79.9. The molecule has 0 aliphatic carbocycles. The lowest BCUT2D eigenvalue weighted by Crippen LogP contribution is -2.10. The molecule has 0 unspecified atom stereocenters. The Hall–Kier alpha value is -0.300. The third kappa shape index (κ3) is 8.04. The fourth-order valence-electron chi connectivity index (χ4n) is 2.94. The zero-order valence-electron chi connectivity index (χ0n) is 14.3. The largest absolute Gasteiger partial charge is 0.0807 e. The van der Waals surface area contributed by atoms with Crippen LogP contribution in [0.2, 0.25) is 0 Å². The van der Waals surface area contributed by atoms with Crippen LogP contribution in [0, 0.1) is 0 Å². The first-order valence-electron chi connectivity index (χ1n) is 8.83. The maximum Gasteiger partial charge on any atom is 0.0452 e. The highest BCUT2D eigenvalue weighted by Gasteiger charge is 2.18. The van der Waals surface area contributed by atoms with Crippen LogP contribution in [-0.2, 0) is 10.7 Å². The van der Waals surface area contributed by atoms with Crippen LogP contribution in [-0.4, -0.2) is 0 Å². The van der Waals surface area contributed by atoms with Crippen molar-refractivity contribution in [3.8, 4) is 0 Å². The molecule has 0 saturated heterocycles. The second-order valence-electron chi connectivity index (χ2n) is 6.71. The number of unbranched alkanes of at least 4 members (excludes halogenated alkanes) is 8. The lowest BCUT2D eigenvalue weighted by atomic mass is 9.93. The summed E-state index contributed by atoms with van der Waals surface area (Å²) in [6.45, 7) is 6.76. The molecule has 120 valence electrons. The van der Waals surface area contributed by atoms with Gasteiger partial charge in [-0.1, -0.05) is 98.5 Å². The third-order valence-electron chi connectivity index (χ3n) is 4.21. The second kappa shape index (κ2) is 10.4. The van der Waals surface area contributed by atoms with E-state index < -0.39 is 0 Å². The number of hydrogen-bond donors (Lipinski definition) is 0. The van der Waals surface area contributed by atoms with E-state index in [0.29, 0.717) is 0 Å². The highest BCUT2D eigenvalue weighted by molar-refractivity contribution is 9.09. The monoisotopic (exact) mass is 352 g/mol. The zero-order chi connectivity index (χ0) is 15.6. The van der Waals surface area contributed by atoms with E-state index in [-0.39, 0.29) is 4.32 Å². The molecule has 1 heteroatoms. The molecular formula is C20H33Br. The zero-order valence-corrected chi connectivity index (χ0v) is 15.8. The molecule has 0 aliphatic heterocycles. The summed E-state index contributed by atoms with van der Waals surface area (Å²) < 4.78 is 0.0862. The van der Waals surface area contributed by atoms with Crippen molar-refractivity contribution < 1.29 is 0 Å². The molecule has 1 rings (SSSR count). The van der Waals surface area contributed by atoms with Crippen molar-refractivity contribution in [2.24, 2.45) is 0 Å². The summed E-state index contributed by atoms with van der Waals surface area (Å²) in [5.41, 5.74) is 2.96. The van der Waals surface area contributed by atoms with Crippen LogP contribution in [0.25, 0.3) is 0 Å². The Morgan fingerprint density at radius 3 is 1.90 bits per heavy atom. The normalized spacial score (nSPS) is 11.8. The van der Waals surface area contributed by atoms with Crippen LogP contribution >= 0.6 is 15.9 Å². The van der Waals surface area contributed by atoms with Crippen LogP contribution in [0.5, 0.6) is 0 Å². The average Bonchev–Trinajstić information content (AvgIpc) is 2.45. The Morgan fingerprint density at radius 1 is 0.810 bits per heavy atom. The van der Waals surface area contributed by atoms with E-state index in [1.54, 1.807) is 0 Å². The maximum atomic E-state index is 3.80. The van der Waals surface area contributed by atoms with E-state index in [4.69, 9.17) is 0 Å². The minimum absolute atomic E-state index is 0.0862. The molecule has 0 aromatic heterocycles. The van der Waals surface area contributed by atoms with Gasteiger partial charge in [-0.05, 0) is 37.8 Å². The molecular weight excluding hydrogens is 320 g/mol. The van der Waals surface area contributed by atoms with Crippen LogP contribution < -0.4 is 0 Å². The molecule has 21 heavy (non-hydrogen) atoms. The van der Waals surface area contributed by atoms with Gasteiger partial charge < -0.3 is 0 Å². The van der Waals surface area contributed by atoms with Gasteiger partial charge in [0.1, 0.15) is 0 Å². The quantitative estimate of drug-likeness (QED) is 0.287. The predicted molar refractivity (Wildman–Crippen MR) is 99.3 cm³/mol. The van der Waals surface area contributed by atoms with E-state index in [1.807, 2.05) is 0 Å². The lowest BCUT2D eigenvalue weighted by molar-refractivity contribution is 0.564. The van der Waals surface area contributed by atoms with E-state index in [2.05, 4.69) is 61.0 Å². The van der Waals surface area contributed by atoms with Gasteiger partial charge in [0, 0.05) is 4.32 Å². The van der Waals surface area contributed by atoms with Crippen LogP contribution in [0.4, 0.5) is 0 Å². The van der Waals surface area contributed by atoms with Crippen LogP contribution in [0.15, 0.2) is 24.3 Å². The standard InChI is InChI=1S/C20H33Br/c1-4-5-6-7-8-9-10-11-12-15-18-16-13-14-17-19(18)20(2,3)21/h13-14,16-17H,4-12,15H2,1-3H3. The van der Waals surface area contributed by atoms with Gasteiger partial charge in [0.05, 0.1) is 0 Å². The van der Waals surface area contributed by atoms with Crippen LogP contribution in [0.3, 0.4) is 0 Å². The first kappa shape index (κ1) is 18.7. The Labute approximate surface area is 140 Å². The molecule has 0 aliphatic rings. The number of rotatable bonds is 11. The SMILES string of the molecule is CCCCCCCCCCCc1ccccc1C(C)(C)Br. The molecule has 0 fully saturated rings. The van der Waals surface area contributed by atoms with E-state index >= 15 is 0 Å². The fraction of sp³-hybridized carbons (Fsp3) is 0.700. The van der Waals surface area contributed by atoms with Gasteiger partial charge in [-0.3, -0.25) is 0 Å². The molecule has 0 heterocycles. The van der Waals surface area contributed by atoms with Crippen molar-refractivity contribution in [2.75, 3.05) is 0 Å². The predicted octanol–water partition coefficient (Wildman–Crippen LogP) is 7.39. The summed E-state index contributed by atoms with van der Waals surface area (Å²) in [6, 6.07) is 8.88. The van der Waals surface area contributed by atoms with Crippen molar-refractivity contribution in [3.63, 3.8) is 0 Å². The molecule has 0 spiro atoms. The molecule has 1 aromatic rings. The van der Waals surface area contributed by atoms with Gasteiger partial charge in [0.25, 0.3) is 0 Å². The molecule has 0 N–H and O–H groups in total. The number of aryl methyl sites for hydroxylation is 1. The molecule has 0 nitrogen and oxygen atoms in total. The van der Waals surface area contributed by atoms with E-state index in [9.17, 15) is 0 Å². The Bertz CT molecular complexity index is 376. The molecule has 0 atom stereocenters. The minimum atomic E-state index is 0.0862. The summed E-state index contributed by atoms with van der Waals surface area (Å²) in [6.07, 6.45) is 13.8. The van der Waals surface area contributed by atoms with Crippen LogP contribution in [0.1, 0.15) is 89.7 Å². The van der Waals surface area contributed by atoms with Crippen molar-refractivity contribution in [3.05, 3.63) is 35.4 Å². The summed E-state index contributed by atoms with van der Waals surface area (Å²) in [5, 5.41) is 0. The molecule has 0 saturated carbocycles. The van der Waals surface area contributed by atoms with Gasteiger partial charge in [-0.2, -0.15) is 0 Å². The minimum Gasteiger partial charge on any atom is -0.0807 e. The van der Waals surface area contributed by atoms with Gasteiger partial charge in [-0.15, -0.1) is 0 Å². The third-order valence-corrected chi connectivity index (χ3v) is 4.63. The van der Waals surface area contributed by atoms with Crippen molar-refractivity contribution in [2.45, 2.75) is 89.3 Å². The Balaban J connectivity index is 2.19.